The molecular formula is C12H19ClN2O. The Morgan fingerprint density at radius 1 is 1.50 bits per heavy atom. The largest absolute Gasteiger partial charge is 0.385 e. The lowest BCUT2D eigenvalue weighted by molar-refractivity contribution is 0.110. The zero-order chi connectivity index (χ0) is 11.8. The summed E-state index contributed by atoms with van der Waals surface area (Å²) in [7, 11) is 0. The topological polar surface area (TPSA) is 34.1 Å². The third kappa shape index (κ3) is 5.93. The van der Waals surface area contributed by atoms with Gasteiger partial charge in [0.05, 0.1) is 0 Å². The van der Waals surface area contributed by atoms with E-state index in [2.05, 4.69) is 24.1 Å². The fourth-order valence-corrected chi connectivity index (χ4v) is 1.41. The molecule has 0 aliphatic carbocycles. The van der Waals surface area contributed by atoms with Crippen LogP contribution in [0.3, 0.4) is 0 Å². The summed E-state index contributed by atoms with van der Waals surface area (Å²) in [5.41, 5.74) is 1.00. The van der Waals surface area contributed by atoms with Gasteiger partial charge in [-0.3, -0.25) is 0 Å². The summed E-state index contributed by atoms with van der Waals surface area (Å²) < 4.78 is 5.48. The van der Waals surface area contributed by atoms with Crippen LogP contribution in [-0.4, -0.2) is 24.7 Å². The Labute approximate surface area is 102 Å². The number of nitrogens with zero attached hydrogens (tertiary/aromatic N) is 1. The van der Waals surface area contributed by atoms with E-state index in [1.807, 2.05) is 12.1 Å². The van der Waals surface area contributed by atoms with E-state index in [-0.39, 0.29) is 0 Å². The second-order valence-corrected chi connectivity index (χ2v) is 4.50. The number of pyridine rings is 1. The van der Waals surface area contributed by atoms with Crippen LogP contribution in [0, 0.1) is 5.92 Å². The van der Waals surface area contributed by atoms with Crippen molar-refractivity contribution in [2.75, 3.05) is 25.1 Å². The van der Waals surface area contributed by atoms with Crippen LogP contribution in [0.15, 0.2) is 18.3 Å². The van der Waals surface area contributed by atoms with E-state index >= 15 is 0 Å². The van der Waals surface area contributed by atoms with Gasteiger partial charge < -0.3 is 10.1 Å². The quantitative estimate of drug-likeness (QED) is 0.589. The minimum absolute atomic E-state index is 0.515. The van der Waals surface area contributed by atoms with Crippen molar-refractivity contribution < 1.29 is 4.74 Å². The van der Waals surface area contributed by atoms with Crippen molar-refractivity contribution >= 4 is 17.3 Å². The molecule has 0 fully saturated rings. The molecule has 16 heavy (non-hydrogen) atoms. The molecule has 0 bridgehead atoms. The Bertz CT molecular complexity index is 305. The molecule has 0 atom stereocenters. The minimum Gasteiger partial charge on any atom is -0.385 e. The first-order chi connectivity index (χ1) is 7.68. The van der Waals surface area contributed by atoms with Crippen LogP contribution in [0.1, 0.15) is 20.3 Å². The first-order valence-electron chi connectivity index (χ1n) is 5.61. The number of rotatable bonds is 7. The van der Waals surface area contributed by atoms with Crippen LogP contribution in [0.2, 0.25) is 5.15 Å². The zero-order valence-electron chi connectivity index (χ0n) is 9.87. The van der Waals surface area contributed by atoms with Gasteiger partial charge in [0.15, 0.2) is 0 Å². The van der Waals surface area contributed by atoms with E-state index in [0.717, 1.165) is 31.9 Å². The maximum absolute atomic E-state index is 5.77. The fourth-order valence-electron chi connectivity index (χ4n) is 1.24. The van der Waals surface area contributed by atoms with Gasteiger partial charge in [-0.2, -0.15) is 0 Å². The molecule has 3 nitrogen and oxygen atoms in total. The van der Waals surface area contributed by atoms with Crippen LogP contribution in [0.5, 0.6) is 0 Å². The van der Waals surface area contributed by atoms with E-state index < -0.39 is 0 Å². The third-order valence-corrected chi connectivity index (χ3v) is 2.18. The number of halogens is 1. The molecule has 4 heteroatoms. The number of hydrogen-bond donors (Lipinski definition) is 1. The summed E-state index contributed by atoms with van der Waals surface area (Å²) in [5, 5.41) is 3.78. The summed E-state index contributed by atoms with van der Waals surface area (Å²) in [6.07, 6.45) is 2.69. The highest BCUT2D eigenvalue weighted by atomic mass is 35.5. The summed E-state index contributed by atoms with van der Waals surface area (Å²) >= 11 is 5.77. The van der Waals surface area contributed by atoms with Gasteiger partial charge in [-0.05, 0) is 24.5 Å². The molecule has 90 valence electrons. The smallest absolute Gasteiger partial charge is 0.131 e. The molecule has 0 aliphatic rings. The monoisotopic (exact) mass is 242 g/mol. The molecule has 0 aromatic carbocycles. The molecular weight excluding hydrogens is 224 g/mol. The van der Waals surface area contributed by atoms with E-state index in [0.29, 0.717) is 11.1 Å². The van der Waals surface area contributed by atoms with Crippen molar-refractivity contribution in [3.63, 3.8) is 0 Å². The Kier molecular flexibility index (Phi) is 6.19. The van der Waals surface area contributed by atoms with Crippen molar-refractivity contribution in [3.8, 4) is 0 Å². The lowest BCUT2D eigenvalue weighted by atomic mass is 10.2. The average molecular weight is 243 g/mol. The Morgan fingerprint density at radius 2 is 2.31 bits per heavy atom. The standard InChI is InChI=1S/C12H19ClN2O/c1-10(2)9-16-7-3-5-14-11-4-6-15-12(13)8-11/h4,6,8,10H,3,5,7,9H2,1-2H3,(H,14,15). The third-order valence-electron chi connectivity index (χ3n) is 1.97. The van der Waals surface area contributed by atoms with Gasteiger partial charge >= 0.3 is 0 Å². The first-order valence-corrected chi connectivity index (χ1v) is 5.99. The molecule has 0 saturated heterocycles. The first kappa shape index (κ1) is 13.3. The number of ether oxygens (including phenoxy) is 1. The summed E-state index contributed by atoms with van der Waals surface area (Å²) in [4.78, 5) is 3.92. The van der Waals surface area contributed by atoms with Crippen LogP contribution >= 0.6 is 11.6 Å². The van der Waals surface area contributed by atoms with Gasteiger partial charge in [0.1, 0.15) is 5.15 Å². The SMILES string of the molecule is CC(C)COCCCNc1ccnc(Cl)c1. The van der Waals surface area contributed by atoms with Crippen molar-refractivity contribution in [1.29, 1.82) is 0 Å². The highest BCUT2D eigenvalue weighted by Gasteiger charge is 1.95. The molecule has 1 N–H and O–H groups in total. The number of anilines is 1. The second kappa shape index (κ2) is 7.47. The van der Waals surface area contributed by atoms with Crippen LogP contribution < -0.4 is 5.32 Å². The fraction of sp³-hybridized carbons (Fsp3) is 0.583. The van der Waals surface area contributed by atoms with Crippen molar-refractivity contribution in [1.82, 2.24) is 4.98 Å². The molecule has 0 amide bonds. The van der Waals surface area contributed by atoms with Gasteiger partial charge in [0, 0.05) is 31.6 Å². The van der Waals surface area contributed by atoms with Crippen LogP contribution in [0.4, 0.5) is 5.69 Å². The zero-order valence-corrected chi connectivity index (χ0v) is 10.6. The Balaban J connectivity index is 2.07. The maximum Gasteiger partial charge on any atom is 0.131 e. The van der Waals surface area contributed by atoms with Crippen molar-refractivity contribution in [2.24, 2.45) is 5.92 Å². The van der Waals surface area contributed by atoms with Crippen molar-refractivity contribution in [3.05, 3.63) is 23.5 Å². The van der Waals surface area contributed by atoms with E-state index in [1.54, 1.807) is 6.20 Å². The Hall–Kier alpha value is -0.800. The summed E-state index contributed by atoms with van der Waals surface area (Å²) in [6, 6.07) is 3.72. The minimum atomic E-state index is 0.515. The maximum atomic E-state index is 5.77. The highest BCUT2D eigenvalue weighted by Crippen LogP contribution is 2.11. The molecule has 1 heterocycles. The molecule has 1 rings (SSSR count). The van der Waals surface area contributed by atoms with Crippen LogP contribution in [-0.2, 0) is 4.74 Å². The number of nitrogens with one attached hydrogen (secondary N) is 1. The van der Waals surface area contributed by atoms with E-state index in [9.17, 15) is 0 Å². The molecule has 0 spiro atoms. The van der Waals surface area contributed by atoms with E-state index in [4.69, 9.17) is 16.3 Å². The molecule has 1 aromatic heterocycles. The number of aromatic nitrogens is 1. The predicted molar refractivity (Wildman–Crippen MR) is 68.0 cm³/mol. The van der Waals surface area contributed by atoms with Crippen LogP contribution in [0.25, 0.3) is 0 Å². The Morgan fingerprint density at radius 3 is 3.00 bits per heavy atom. The molecule has 0 aliphatic heterocycles. The normalized spacial score (nSPS) is 10.8. The summed E-state index contributed by atoms with van der Waals surface area (Å²) in [6.45, 7) is 6.82. The molecule has 0 saturated carbocycles. The second-order valence-electron chi connectivity index (χ2n) is 4.12. The lowest BCUT2D eigenvalue weighted by Crippen LogP contribution is -2.08. The van der Waals surface area contributed by atoms with Gasteiger partial charge in [0.25, 0.3) is 0 Å². The highest BCUT2D eigenvalue weighted by molar-refractivity contribution is 6.29. The lowest BCUT2D eigenvalue weighted by Gasteiger charge is -2.08. The van der Waals surface area contributed by atoms with Gasteiger partial charge in [0.2, 0.25) is 0 Å². The number of hydrogen-bond acceptors (Lipinski definition) is 3. The average Bonchev–Trinajstić information content (AvgIpc) is 2.23. The van der Waals surface area contributed by atoms with Gasteiger partial charge in [-0.25, -0.2) is 4.98 Å². The predicted octanol–water partition coefficient (Wildman–Crippen LogP) is 3.21. The van der Waals surface area contributed by atoms with E-state index in [1.165, 1.54) is 0 Å². The van der Waals surface area contributed by atoms with Gasteiger partial charge in [-0.1, -0.05) is 25.4 Å². The molecule has 0 radical (unpaired) electrons. The van der Waals surface area contributed by atoms with Gasteiger partial charge in [-0.15, -0.1) is 0 Å². The summed E-state index contributed by atoms with van der Waals surface area (Å²) in [5.74, 6) is 0.604. The molecule has 0 unspecified atom stereocenters. The molecule has 1 aromatic rings. The van der Waals surface area contributed by atoms with Crippen molar-refractivity contribution in [2.45, 2.75) is 20.3 Å².